The number of halogens is 1. The van der Waals surface area contributed by atoms with E-state index in [0.717, 1.165) is 26.8 Å². The number of hydrogen-bond acceptors (Lipinski definition) is 3. The van der Waals surface area contributed by atoms with E-state index in [4.69, 9.17) is 11.6 Å². The highest BCUT2D eigenvalue weighted by molar-refractivity contribution is 7.21. The lowest BCUT2D eigenvalue weighted by atomic mass is 10.0. The highest BCUT2D eigenvalue weighted by Gasteiger charge is 2.16. The van der Waals surface area contributed by atoms with E-state index in [0.29, 0.717) is 9.90 Å². The molecule has 0 unspecified atom stereocenters. The van der Waals surface area contributed by atoms with E-state index in [1.807, 2.05) is 38.1 Å². The van der Waals surface area contributed by atoms with E-state index < -0.39 is 0 Å². The van der Waals surface area contributed by atoms with E-state index in [1.165, 1.54) is 16.9 Å². The lowest BCUT2D eigenvalue weighted by Gasteiger charge is -2.06. The smallest absolute Gasteiger partial charge is 0.266 e. The fourth-order valence-corrected chi connectivity index (χ4v) is 4.17. The van der Waals surface area contributed by atoms with Gasteiger partial charge in [-0.25, -0.2) is 5.43 Å². The van der Waals surface area contributed by atoms with Gasteiger partial charge in [-0.15, -0.1) is 11.3 Å². The van der Waals surface area contributed by atoms with Crippen molar-refractivity contribution in [3.8, 4) is 0 Å². The summed E-state index contributed by atoms with van der Waals surface area (Å²) in [5.74, 6) is -0.292. The first-order valence-corrected chi connectivity index (χ1v) is 8.75. The number of hydrogen-bond donors (Lipinski definition) is 1. The summed E-state index contributed by atoms with van der Waals surface area (Å²) in [4.78, 5) is 12.8. The molecule has 0 aliphatic rings. The summed E-state index contributed by atoms with van der Waals surface area (Å²) in [6.07, 6.45) is 1.68. The third kappa shape index (κ3) is 3.21. The Kier molecular flexibility index (Phi) is 4.69. The van der Waals surface area contributed by atoms with Crippen molar-refractivity contribution in [3.05, 3.63) is 68.6 Å². The molecule has 3 nitrogen and oxygen atoms in total. The zero-order valence-electron chi connectivity index (χ0n) is 13.7. The van der Waals surface area contributed by atoms with Gasteiger partial charge < -0.3 is 0 Å². The number of amides is 1. The molecule has 1 N–H and O–H groups in total. The van der Waals surface area contributed by atoms with Crippen LogP contribution in [0.4, 0.5) is 0 Å². The maximum absolute atomic E-state index is 12.4. The first-order chi connectivity index (χ1) is 11.5. The number of rotatable bonds is 3. The Labute approximate surface area is 150 Å². The number of carbonyl (C=O) groups excluding carboxylic acids is 1. The third-order valence-corrected chi connectivity index (χ3v) is 5.51. The molecule has 0 saturated carbocycles. The molecule has 3 aromatic rings. The number of nitrogens with zero attached hydrogens (tertiary/aromatic N) is 1. The Morgan fingerprint density at radius 1 is 1.17 bits per heavy atom. The quantitative estimate of drug-likeness (QED) is 0.505. The molecule has 1 amide bonds. The third-order valence-electron chi connectivity index (χ3n) is 3.84. The van der Waals surface area contributed by atoms with Crippen LogP contribution in [0.25, 0.3) is 10.1 Å². The molecule has 0 saturated heterocycles. The second kappa shape index (κ2) is 6.75. The summed E-state index contributed by atoms with van der Waals surface area (Å²) in [7, 11) is 0. The fourth-order valence-electron chi connectivity index (χ4n) is 2.76. The van der Waals surface area contributed by atoms with E-state index in [1.54, 1.807) is 6.21 Å². The molecule has 0 aliphatic carbocycles. The van der Waals surface area contributed by atoms with Crippen LogP contribution < -0.4 is 5.43 Å². The monoisotopic (exact) mass is 356 g/mol. The van der Waals surface area contributed by atoms with Crippen molar-refractivity contribution in [1.29, 1.82) is 0 Å². The zero-order valence-corrected chi connectivity index (χ0v) is 15.3. The Hall–Kier alpha value is -2.17. The number of hydrazone groups is 1. The SMILES string of the molecule is Cc1cc(C)c(C=NNC(=O)c2sc3ccccc3c2Cl)c(C)c1. The molecular weight excluding hydrogens is 340 g/mol. The van der Waals surface area contributed by atoms with Gasteiger partial charge in [-0.3, -0.25) is 4.79 Å². The largest absolute Gasteiger partial charge is 0.283 e. The average molecular weight is 357 g/mol. The summed E-state index contributed by atoms with van der Waals surface area (Å²) in [6, 6.07) is 11.9. The van der Waals surface area contributed by atoms with Gasteiger partial charge in [-0.1, -0.05) is 47.5 Å². The van der Waals surface area contributed by atoms with Crippen molar-refractivity contribution in [2.45, 2.75) is 20.8 Å². The van der Waals surface area contributed by atoms with Crippen LogP contribution in [0, 0.1) is 20.8 Å². The van der Waals surface area contributed by atoms with Crippen LogP contribution in [0.5, 0.6) is 0 Å². The molecule has 0 radical (unpaired) electrons. The molecule has 0 aliphatic heterocycles. The number of thiophene rings is 1. The maximum Gasteiger partial charge on any atom is 0.283 e. The van der Waals surface area contributed by atoms with E-state index in [9.17, 15) is 4.79 Å². The Bertz CT molecular complexity index is 936. The maximum atomic E-state index is 12.4. The number of fused-ring (bicyclic) bond motifs is 1. The highest BCUT2D eigenvalue weighted by atomic mass is 35.5. The van der Waals surface area contributed by atoms with Crippen LogP contribution in [-0.2, 0) is 0 Å². The fraction of sp³-hybridized carbons (Fsp3) is 0.158. The van der Waals surface area contributed by atoms with Gasteiger partial charge >= 0.3 is 0 Å². The van der Waals surface area contributed by atoms with Gasteiger partial charge in [0.15, 0.2) is 0 Å². The van der Waals surface area contributed by atoms with E-state index >= 15 is 0 Å². The molecule has 0 fully saturated rings. The van der Waals surface area contributed by atoms with Gasteiger partial charge in [0.2, 0.25) is 0 Å². The standard InChI is InChI=1S/C19H17ClN2OS/c1-11-8-12(2)15(13(3)9-11)10-21-22-19(23)18-17(20)14-6-4-5-7-16(14)24-18/h4-10H,1-3H3,(H,22,23). The lowest BCUT2D eigenvalue weighted by molar-refractivity contribution is 0.0959. The summed E-state index contributed by atoms with van der Waals surface area (Å²) in [5, 5.41) is 5.47. The Balaban J connectivity index is 1.81. The van der Waals surface area contributed by atoms with Crippen LogP contribution in [-0.4, -0.2) is 12.1 Å². The van der Waals surface area contributed by atoms with Crippen molar-refractivity contribution < 1.29 is 4.79 Å². The molecule has 1 heterocycles. The summed E-state index contributed by atoms with van der Waals surface area (Å²) < 4.78 is 0.988. The molecule has 3 rings (SSSR count). The number of nitrogens with one attached hydrogen (secondary N) is 1. The minimum Gasteiger partial charge on any atom is -0.266 e. The molecule has 2 aromatic carbocycles. The highest BCUT2D eigenvalue weighted by Crippen LogP contribution is 2.34. The molecule has 24 heavy (non-hydrogen) atoms. The topological polar surface area (TPSA) is 41.5 Å². The van der Waals surface area contributed by atoms with Crippen molar-refractivity contribution in [3.63, 3.8) is 0 Å². The van der Waals surface area contributed by atoms with Crippen LogP contribution in [0.3, 0.4) is 0 Å². The van der Waals surface area contributed by atoms with Crippen molar-refractivity contribution in [1.82, 2.24) is 5.43 Å². The molecule has 1 aromatic heterocycles. The van der Waals surface area contributed by atoms with Gasteiger partial charge in [-0.2, -0.15) is 5.10 Å². The predicted octanol–water partition coefficient (Wildman–Crippen LogP) is 5.24. The first kappa shape index (κ1) is 16.7. The lowest BCUT2D eigenvalue weighted by Crippen LogP contribution is -2.16. The first-order valence-electron chi connectivity index (χ1n) is 7.55. The van der Waals surface area contributed by atoms with Gasteiger partial charge in [0.05, 0.1) is 11.2 Å². The molecule has 0 atom stereocenters. The van der Waals surface area contributed by atoms with Crippen LogP contribution in [0.2, 0.25) is 5.02 Å². The predicted molar refractivity (Wildman–Crippen MR) is 103 cm³/mol. The molecule has 122 valence electrons. The normalized spacial score (nSPS) is 11.3. The van der Waals surface area contributed by atoms with Crippen molar-refractivity contribution >= 4 is 45.1 Å². The Morgan fingerprint density at radius 3 is 2.50 bits per heavy atom. The summed E-state index contributed by atoms with van der Waals surface area (Å²) in [5.41, 5.74) is 7.06. The van der Waals surface area contributed by atoms with Crippen molar-refractivity contribution in [2.75, 3.05) is 0 Å². The van der Waals surface area contributed by atoms with Gasteiger partial charge in [0.25, 0.3) is 5.91 Å². The summed E-state index contributed by atoms with van der Waals surface area (Å²) >= 11 is 7.68. The van der Waals surface area contributed by atoms with Crippen molar-refractivity contribution in [2.24, 2.45) is 5.10 Å². The van der Waals surface area contributed by atoms with Gasteiger partial charge in [0, 0.05) is 15.6 Å². The van der Waals surface area contributed by atoms with Crippen LogP contribution in [0.1, 0.15) is 31.9 Å². The Morgan fingerprint density at radius 2 is 1.83 bits per heavy atom. The van der Waals surface area contributed by atoms with Gasteiger partial charge in [-0.05, 0) is 38.0 Å². The molecular formula is C19H17ClN2OS. The second-order valence-corrected chi connectivity index (χ2v) is 7.18. The van der Waals surface area contributed by atoms with E-state index in [2.05, 4.69) is 29.6 Å². The number of benzene rings is 2. The molecule has 0 bridgehead atoms. The van der Waals surface area contributed by atoms with E-state index in [-0.39, 0.29) is 5.91 Å². The van der Waals surface area contributed by atoms with Gasteiger partial charge in [0.1, 0.15) is 4.88 Å². The minimum absolute atomic E-state index is 0.292. The second-order valence-electron chi connectivity index (χ2n) is 5.75. The average Bonchev–Trinajstić information content (AvgIpc) is 2.87. The molecule has 5 heteroatoms. The van der Waals surface area contributed by atoms with Crippen LogP contribution in [0.15, 0.2) is 41.5 Å². The van der Waals surface area contributed by atoms with Crippen LogP contribution >= 0.6 is 22.9 Å². The summed E-state index contributed by atoms with van der Waals surface area (Å²) in [6.45, 7) is 6.13. The minimum atomic E-state index is -0.292. The molecule has 0 spiro atoms. The number of carbonyl (C=O) groups is 1. The number of aryl methyl sites for hydroxylation is 3. The zero-order chi connectivity index (χ0) is 17.3.